The minimum atomic E-state index is -0.925. The zero-order valence-electron chi connectivity index (χ0n) is 32.2. The summed E-state index contributed by atoms with van der Waals surface area (Å²) >= 11 is 0. The van der Waals surface area contributed by atoms with E-state index in [-0.39, 0.29) is 49.2 Å². The van der Waals surface area contributed by atoms with Crippen molar-refractivity contribution >= 4 is 35.7 Å². The molecule has 1 aliphatic heterocycles. The number of nitrogens with zero attached hydrogens (tertiary/aromatic N) is 2. The first kappa shape index (κ1) is 41.7. The van der Waals surface area contributed by atoms with E-state index in [1.807, 2.05) is 58.9 Å². The zero-order chi connectivity index (χ0) is 39.4. The van der Waals surface area contributed by atoms with E-state index in [1.165, 1.54) is 15.9 Å². The summed E-state index contributed by atoms with van der Waals surface area (Å²) in [6, 6.07) is 9.99. The Morgan fingerprint density at radius 3 is 2.41 bits per heavy atom. The van der Waals surface area contributed by atoms with Gasteiger partial charge < -0.3 is 31.1 Å². The molecule has 4 unspecified atom stereocenters. The number of amides is 5. The molecule has 290 valence electrons. The SMILES string of the molecule is C/C=C\C=C/C1=CCCCC1NC(=O)C1CC(NC(=O)c2ccc(N(C=O)[C@H](C)Cc3ccccc3F)cc2)CN1C(=O)C(NC(=O)CNC)C(C)(C)C. The van der Waals surface area contributed by atoms with Crippen LogP contribution in [-0.4, -0.2) is 85.3 Å². The highest BCUT2D eigenvalue weighted by molar-refractivity contribution is 5.96. The molecule has 2 aromatic rings. The van der Waals surface area contributed by atoms with Crippen molar-refractivity contribution in [3.8, 4) is 0 Å². The van der Waals surface area contributed by atoms with Crippen molar-refractivity contribution in [2.24, 2.45) is 5.41 Å². The number of rotatable bonds is 15. The van der Waals surface area contributed by atoms with E-state index in [0.29, 0.717) is 29.6 Å². The first-order valence-electron chi connectivity index (χ1n) is 18.7. The average Bonchev–Trinajstić information content (AvgIpc) is 3.56. The van der Waals surface area contributed by atoms with Crippen molar-refractivity contribution in [3.05, 3.63) is 101 Å². The Labute approximate surface area is 318 Å². The average molecular weight is 743 g/mol. The van der Waals surface area contributed by atoms with E-state index in [1.54, 1.807) is 49.5 Å². The van der Waals surface area contributed by atoms with Gasteiger partial charge in [0, 0.05) is 29.9 Å². The Balaban J connectivity index is 1.53. The maximum atomic E-state index is 14.3. The number of likely N-dealkylation sites (tertiary alicyclic amines) is 1. The number of carbonyl (C=O) groups is 5. The van der Waals surface area contributed by atoms with Crippen molar-refractivity contribution in [2.75, 3.05) is 25.0 Å². The molecule has 12 heteroatoms. The largest absolute Gasteiger partial charge is 0.348 e. The lowest BCUT2D eigenvalue weighted by molar-refractivity contribution is -0.143. The number of carbonyl (C=O) groups excluding carboxylic acids is 5. The van der Waals surface area contributed by atoms with E-state index < -0.39 is 35.4 Å². The van der Waals surface area contributed by atoms with Gasteiger partial charge in [-0.25, -0.2) is 4.39 Å². The fourth-order valence-electron chi connectivity index (χ4n) is 6.96. The van der Waals surface area contributed by atoms with Crippen LogP contribution in [0.25, 0.3) is 0 Å². The minimum absolute atomic E-state index is 0.0217. The summed E-state index contributed by atoms with van der Waals surface area (Å²) in [6.07, 6.45) is 13.6. The molecule has 0 spiro atoms. The molecular weight excluding hydrogens is 687 g/mol. The molecular formula is C42H55FN6O5. The van der Waals surface area contributed by atoms with Crippen molar-refractivity contribution < 1.29 is 28.4 Å². The van der Waals surface area contributed by atoms with Gasteiger partial charge in [0.2, 0.25) is 24.1 Å². The van der Waals surface area contributed by atoms with E-state index in [0.717, 1.165) is 24.8 Å². The molecule has 1 fully saturated rings. The number of anilines is 1. The molecule has 5 amide bonds. The molecule has 11 nitrogen and oxygen atoms in total. The van der Waals surface area contributed by atoms with Crippen LogP contribution in [-0.2, 0) is 25.6 Å². The van der Waals surface area contributed by atoms with Crippen LogP contribution >= 0.6 is 0 Å². The number of halogens is 1. The van der Waals surface area contributed by atoms with Gasteiger partial charge >= 0.3 is 0 Å². The first-order chi connectivity index (χ1) is 25.8. The summed E-state index contributed by atoms with van der Waals surface area (Å²) in [6.45, 7) is 9.40. The van der Waals surface area contributed by atoms with E-state index >= 15 is 0 Å². The minimum Gasteiger partial charge on any atom is -0.348 e. The Morgan fingerprint density at radius 2 is 1.76 bits per heavy atom. The van der Waals surface area contributed by atoms with E-state index in [2.05, 4.69) is 27.3 Å². The highest BCUT2D eigenvalue weighted by atomic mass is 19.1. The van der Waals surface area contributed by atoms with Crippen molar-refractivity contribution in [2.45, 2.75) is 96.9 Å². The highest BCUT2D eigenvalue weighted by Crippen LogP contribution is 2.28. The van der Waals surface area contributed by atoms with Crippen LogP contribution in [0.4, 0.5) is 10.1 Å². The molecule has 0 saturated carbocycles. The Hall–Kier alpha value is -5.10. The third kappa shape index (κ3) is 11.0. The molecule has 0 bridgehead atoms. The molecule has 2 aromatic carbocycles. The third-order valence-corrected chi connectivity index (χ3v) is 9.85. The van der Waals surface area contributed by atoms with Crippen LogP contribution in [0.2, 0.25) is 0 Å². The molecule has 1 saturated heterocycles. The molecule has 5 atom stereocenters. The Bertz CT molecular complexity index is 1730. The molecule has 1 aliphatic carbocycles. The number of hydrogen-bond donors (Lipinski definition) is 4. The quantitative estimate of drug-likeness (QED) is 0.156. The highest BCUT2D eigenvalue weighted by Gasteiger charge is 2.45. The van der Waals surface area contributed by atoms with Gasteiger partial charge in [0.1, 0.15) is 17.9 Å². The van der Waals surface area contributed by atoms with E-state index in [4.69, 9.17) is 0 Å². The molecule has 4 rings (SSSR count). The summed E-state index contributed by atoms with van der Waals surface area (Å²) in [7, 11) is 1.64. The normalized spacial score (nSPS) is 19.9. The standard InChI is InChI=1S/C42H55FN6O5/c1-7-8-9-14-29-15-11-13-18-35(29)46-40(53)36-24-32(26-48(36)41(54)38(42(3,4)5)47-37(51)25-44-6)45-39(52)30-19-21-33(22-20-30)49(27-50)28(2)23-31-16-10-12-17-34(31)43/h7-10,12,14-17,19-22,27-28,32,35-36,38,44H,11,13,18,23-26H2,1-6H3,(H,45,52)(H,46,53)(H,47,51)/b8-7-,14-9-/t28-,32?,35?,36?,38?/m1/s1. The molecule has 0 aromatic heterocycles. The second-order valence-electron chi connectivity index (χ2n) is 15.1. The van der Waals surface area contributed by atoms with Gasteiger partial charge in [-0.15, -0.1) is 0 Å². The second kappa shape index (κ2) is 19.3. The number of likely N-dealkylation sites (N-methyl/N-ethyl adjacent to an activating group) is 1. The monoisotopic (exact) mass is 742 g/mol. The first-order valence-corrected chi connectivity index (χ1v) is 18.7. The topological polar surface area (TPSA) is 140 Å². The second-order valence-corrected chi connectivity index (χ2v) is 15.1. The number of nitrogens with one attached hydrogen (secondary N) is 4. The predicted molar refractivity (Wildman–Crippen MR) is 209 cm³/mol. The lowest BCUT2D eigenvalue weighted by Crippen LogP contribution is -2.59. The summed E-state index contributed by atoms with van der Waals surface area (Å²) < 4.78 is 14.3. The maximum absolute atomic E-state index is 14.3. The molecule has 54 heavy (non-hydrogen) atoms. The van der Waals surface area contributed by atoms with Gasteiger partial charge in [-0.05, 0) is 99.9 Å². The van der Waals surface area contributed by atoms with Crippen molar-refractivity contribution in [1.29, 1.82) is 0 Å². The van der Waals surface area contributed by atoms with Gasteiger partial charge in [0.15, 0.2) is 0 Å². The predicted octanol–water partition coefficient (Wildman–Crippen LogP) is 4.60. The van der Waals surface area contributed by atoms with E-state index in [9.17, 15) is 28.4 Å². The number of hydrogen-bond acceptors (Lipinski definition) is 6. The van der Waals surface area contributed by atoms with Gasteiger partial charge in [-0.2, -0.15) is 0 Å². The van der Waals surface area contributed by atoms with Crippen LogP contribution in [0.5, 0.6) is 0 Å². The van der Waals surface area contributed by atoms with Crippen LogP contribution < -0.4 is 26.2 Å². The van der Waals surface area contributed by atoms with Crippen LogP contribution in [0.1, 0.15) is 76.2 Å². The Morgan fingerprint density at radius 1 is 1.04 bits per heavy atom. The summed E-state index contributed by atoms with van der Waals surface area (Å²) in [4.78, 5) is 69.8. The molecule has 0 radical (unpaired) electrons. The zero-order valence-corrected chi connectivity index (χ0v) is 32.2. The number of allylic oxidation sites excluding steroid dienone is 4. The van der Waals surface area contributed by atoms with Crippen LogP contribution in [0.15, 0.2) is 84.5 Å². The van der Waals surface area contributed by atoms with Gasteiger partial charge in [0.05, 0.1) is 12.6 Å². The molecule has 4 N–H and O–H groups in total. The van der Waals surface area contributed by atoms with Gasteiger partial charge in [-0.1, -0.05) is 69.4 Å². The summed E-state index contributed by atoms with van der Waals surface area (Å²) in [5.74, 6) is -1.82. The van der Waals surface area contributed by atoms with Gasteiger partial charge in [-0.3, -0.25) is 24.0 Å². The fourth-order valence-corrected chi connectivity index (χ4v) is 6.96. The van der Waals surface area contributed by atoms with Gasteiger partial charge in [0.25, 0.3) is 5.91 Å². The van der Waals surface area contributed by atoms with Crippen LogP contribution in [0.3, 0.4) is 0 Å². The maximum Gasteiger partial charge on any atom is 0.251 e. The molecule has 1 heterocycles. The lowest BCUT2D eigenvalue weighted by Gasteiger charge is -2.36. The summed E-state index contributed by atoms with van der Waals surface area (Å²) in [5.41, 5.74) is 1.69. The third-order valence-electron chi connectivity index (χ3n) is 9.85. The number of benzene rings is 2. The van der Waals surface area contributed by atoms with Crippen molar-refractivity contribution in [1.82, 2.24) is 26.2 Å². The molecule has 2 aliphatic rings. The van der Waals surface area contributed by atoms with Crippen molar-refractivity contribution in [3.63, 3.8) is 0 Å². The van der Waals surface area contributed by atoms with Crippen LogP contribution in [0, 0.1) is 11.2 Å². The lowest BCUT2D eigenvalue weighted by atomic mass is 9.85. The summed E-state index contributed by atoms with van der Waals surface area (Å²) in [5, 5.41) is 11.8. The fraction of sp³-hybridized carbons (Fsp3) is 0.452. The smallest absolute Gasteiger partial charge is 0.251 e. The Kier molecular flexibility index (Phi) is 14.9.